The zero-order chi connectivity index (χ0) is 19.0. The maximum absolute atomic E-state index is 13.8. The molecule has 0 bridgehead atoms. The number of halogens is 1. The maximum atomic E-state index is 13.8. The van der Waals surface area contributed by atoms with Crippen molar-refractivity contribution in [2.75, 3.05) is 32.1 Å². The van der Waals surface area contributed by atoms with E-state index in [4.69, 9.17) is 0 Å². The van der Waals surface area contributed by atoms with Crippen molar-refractivity contribution in [1.29, 1.82) is 0 Å². The molecule has 27 heavy (non-hydrogen) atoms. The molecule has 0 saturated carbocycles. The Morgan fingerprint density at radius 1 is 1.11 bits per heavy atom. The summed E-state index contributed by atoms with van der Waals surface area (Å²) in [6, 6.07) is 7.26. The van der Waals surface area contributed by atoms with E-state index in [1.165, 1.54) is 6.20 Å². The molecule has 2 aliphatic rings. The van der Waals surface area contributed by atoms with Gasteiger partial charge in [0.2, 0.25) is 0 Å². The zero-order valence-electron chi connectivity index (χ0n) is 15.6. The van der Waals surface area contributed by atoms with Gasteiger partial charge < -0.3 is 9.80 Å². The number of aromatic nitrogens is 2. The van der Waals surface area contributed by atoms with Crippen molar-refractivity contribution < 1.29 is 9.18 Å². The van der Waals surface area contributed by atoms with Gasteiger partial charge in [-0.3, -0.25) is 4.79 Å². The SMILES string of the molecule is CN(C)c1nc(-c2ccc(C(=O)N3CC4CC=CCC4C3)cc2)ncc1F. The highest BCUT2D eigenvalue weighted by Crippen LogP contribution is 2.33. The van der Waals surface area contributed by atoms with E-state index in [0.717, 1.165) is 31.5 Å². The van der Waals surface area contributed by atoms with Gasteiger partial charge in [-0.15, -0.1) is 0 Å². The van der Waals surface area contributed by atoms with Crippen LogP contribution in [-0.4, -0.2) is 48.0 Å². The number of benzene rings is 1. The van der Waals surface area contributed by atoms with Crippen LogP contribution >= 0.6 is 0 Å². The van der Waals surface area contributed by atoms with Crippen LogP contribution in [0, 0.1) is 17.7 Å². The molecule has 6 heteroatoms. The van der Waals surface area contributed by atoms with Gasteiger partial charge in [0.05, 0.1) is 6.20 Å². The fraction of sp³-hybridized carbons (Fsp3) is 0.381. The first kappa shape index (κ1) is 17.6. The molecule has 1 aliphatic heterocycles. The van der Waals surface area contributed by atoms with E-state index in [0.29, 0.717) is 23.2 Å². The predicted molar refractivity (Wildman–Crippen MR) is 103 cm³/mol. The van der Waals surface area contributed by atoms with Gasteiger partial charge >= 0.3 is 0 Å². The Labute approximate surface area is 158 Å². The average molecular weight is 366 g/mol. The quantitative estimate of drug-likeness (QED) is 0.782. The Kier molecular flexibility index (Phi) is 4.64. The van der Waals surface area contributed by atoms with Crippen LogP contribution in [-0.2, 0) is 0 Å². The number of carbonyl (C=O) groups is 1. The molecule has 1 aromatic carbocycles. The van der Waals surface area contributed by atoms with Gasteiger partial charge in [-0.25, -0.2) is 14.4 Å². The molecule has 1 fully saturated rings. The smallest absolute Gasteiger partial charge is 0.253 e. The van der Waals surface area contributed by atoms with Crippen molar-refractivity contribution in [3.8, 4) is 11.4 Å². The minimum atomic E-state index is -0.458. The second kappa shape index (κ2) is 7.10. The molecule has 1 aliphatic carbocycles. The molecule has 2 unspecified atom stereocenters. The van der Waals surface area contributed by atoms with Gasteiger partial charge in [0, 0.05) is 38.3 Å². The monoisotopic (exact) mass is 366 g/mol. The molecule has 1 saturated heterocycles. The lowest BCUT2D eigenvalue weighted by atomic mass is 9.86. The van der Waals surface area contributed by atoms with Crippen molar-refractivity contribution in [1.82, 2.24) is 14.9 Å². The number of hydrogen-bond acceptors (Lipinski definition) is 4. The van der Waals surface area contributed by atoms with Crippen molar-refractivity contribution in [3.05, 3.63) is 54.0 Å². The van der Waals surface area contributed by atoms with E-state index in [1.807, 2.05) is 17.0 Å². The lowest BCUT2D eigenvalue weighted by Gasteiger charge is -2.17. The molecule has 0 N–H and O–H groups in total. The van der Waals surface area contributed by atoms with Crippen molar-refractivity contribution in [2.24, 2.45) is 11.8 Å². The molecule has 140 valence electrons. The lowest BCUT2D eigenvalue weighted by Crippen LogP contribution is -2.28. The lowest BCUT2D eigenvalue weighted by molar-refractivity contribution is 0.0784. The van der Waals surface area contributed by atoms with E-state index < -0.39 is 5.82 Å². The molecule has 2 atom stereocenters. The first-order valence-electron chi connectivity index (χ1n) is 9.27. The van der Waals surface area contributed by atoms with Gasteiger partial charge in [-0.1, -0.05) is 24.3 Å². The Balaban J connectivity index is 1.51. The molecule has 4 rings (SSSR count). The standard InChI is InChI=1S/C21H23FN4O/c1-25(2)20-18(22)11-23-19(24-20)14-7-9-15(10-8-14)21(27)26-12-16-5-3-4-6-17(16)13-26/h3-4,7-11,16-17H,5-6,12-13H2,1-2H3. The molecular weight excluding hydrogens is 343 g/mol. The van der Waals surface area contributed by atoms with Crippen LogP contribution in [0.5, 0.6) is 0 Å². The third-order valence-electron chi connectivity index (χ3n) is 5.45. The summed E-state index contributed by atoms with van der Waals surface area (Å²) >= 11 is 0. The normalized spacial score (nSPS) is 21.2. The van der Waals surface area contributed by atoms with Gasteiger partial charge in [0.1, 0.15) is 0 Å². The summed E-state index contributed by atoms with van der Waals surface area (Å²) in [5, 5.41) is 0. The molecule has 1 aromatic heterocycles. The number of anilines is 1. The van der Waals surface area contributed by atoms with Gasteiger partial charge in [-0.2, -0.15) is 0 Å². The summed E-state index contributed by atoms with van der Waals surface area (Å²) < 4.78 is 13.8. The van der Waals surface area contributed by atoms with Crippen LogP contribution in [0.4, 0.5) is 10.2 Å². The summed E-state index contributed by atoms with van der Waals surface area (Å²) in [6.07, 6.45) is 7.78. The summed E-state index contributed by atoms with van der Waals surface area (Å²) in [7, 11) is 3.47. The van der Waals surface area contributed by atoms with Crippen LogP contribution < -0.4 is 4.90 Å². The van der Waals surface area contributed by atoms with E-state index in [-0.39, 0.29) is 11.7 Å². The molecule has 0 radical (unpaired) electrons. The minimum absolute atomic E-state index is 0.0740. The number of hydrogen-bond donors (Lipinski definition) is 0. The van der Waals surface area contributed by atoms with Gasteiger partial charge in [0.25, 0.3) is 5.91 Å². The molecule has 5 nitrogen and oxygen atoms in total. The first-order chi connectivity index (χ1) is 13.0. The second-order valence-electron chi connectivity index (χ2n) is 7.51. The van der Waals surface area contributed by atoms with Gasteiger partial charge in [0.15, 0.2) is 17.5 Å². The number of likely N-dealkylation sites (tertiary alicyclic amines) is 1. The highest BCUT2D eigenvalue weighted by atomic mass is 19.1. The predicted octanol–water partition coefficient (Wildman–Crippen LogP) is 3.39. The van der Waals surface area contributed by atoms with Crippen LogP contribution in [0.3, 0.4) is 0 Å². The Hall–Kier alpha value is -2.76. The topological polar surface area (TPSA) is 49.3 Å². The number of carbonyl (C=O) groups excluding carboxylic acids is 1. The van der Waals surface area contributed by atoms with Crippen LogP contribution in [0.1, 0.15) is 23.2 Å². The highest BCUT2D eigenvalue weighted by molar-refractivity contribution is 5.94. The minimum Gasteiger partial charge on any atom is -0.360 e. The van der Waals surface area contributed by atoms with Crippen LogP contribution in [0.15, 0.2) is 42.6 Å². The summed E-state index contributed by atoms with van der Waals surface area (Å²) in [6.45, 7) is 1.67. The van der Waals surface area contributed by atoms with Crippen molar-refractivity contribution >= 4 is 11.7 Å². The van der Waals surface area contributed by atoms with E-state index in [1.54, 1.807) is 31.1 Å². The van der Waals surface area contributed by atoms with E-state index >= 15 is 0 Å². The molecule has 1 amide bonds. The highest BCUT2D eigenvalue weighted by Gasteiger charge is 2.35. The molecule has 0 spiro atoms. The van der Waals surface area contributed by atoms with Crippen molar-refractivity contribution in [3.63, 3.8) is 0 Å². The summed E-state index contributed by atoms with van der Waals surface area (Å²) in [5.41, 5.74) is 1.43. The molecule has 2 heterocycles. The number of allylic oxidation sites excluding steroid dienone is 2. The molecule has 2 aromatic rings. The van der Waals surface area contributed by atoms with E-state index in [9.17, 15) is 9.18 Å². The third kappa shape index (κ3) is 3.44. The fourth-order valence-electron chi connectivity index (χ4n) is 3.94. The number of rotatable bonds is 3. The molecular formula is C21H23FN4O. The summed E-state index contributed by atoms with van der Waals surface area (Å²) in [5.74, 6) is 1.49. The summed E-state index contributed by atoms with van der Waals surface area (Å²) in [4.78, 5) is 24.8. The number of amides is 1. The average Bonchev–Trinajstić information content (AvgIpc) is 3.12. The van der Waals surface area contributed by atoms with Crippen LogP contribution in [0.25, 0.3) is 11.4 Å². The van der Waals surface area contributed by atoms with Crippen LogP contribution in [0.2, 0.25) is 0 Å². The maximum Gasteiger partial charge on any atom is 0.253 e. The third-order valence-corrected chi connectivity index (χ3v) is 5.45. The number of fused-ring (bicyclic) bond motifs is 1. The zero-order valence-corrected chi connectivity index (χ0v) is 15.6. The number of nitrogens with zero attached hydrogens (tertiary/aromatic N) is 4. The Bertz CT molecular complexity index is 862. The fourth-order valence-corrected chi connectivity index (χ4v) is 3.94. The largest absolute Gasteiger partial charge is 0.360 e. The second-order valence-corrected chi connectivity index (χ2v) is 7.51. The first-order valence-corrected chi connectivity index (χ1v) is 9.27. The van der Waals surface area contributed by atoms with Gasteiger partial charge in [-0.05, 0) is 36.8 Å². The van der Waals surface area contributed by atoms with E-state index in [2.05, 4.69) is 22.1 Å². The Morgan fingerprint density at radius 2 is 1.74 bits per heavy atom. The van der Waals surface area contributed by atoms with Crippen molar-refractivity contribution in [2.45, 2.75) is 12.8 Å². The Morgan fingerprint density at radius 3 is 2.33 bits per heavy atom.